The maximum Gasteiger partial charge on any atom is 0.573 e. The van der Waals surface area contributed by atoms with Crippen molar-refractivity contribution in [2.75, 3.05) is 13.7 Å². The molecule has 3 rings (SSSR count). The molecule has 29 heavy (non-hydrogen) atoms. The highest BCUT2D eigenvalue weighted by molar-refractivity contribution is 5.79. The summed E-state index contributed by atoms with van der Waals surface area (Å²) in [6.07, 6.45) is -4.83. The van der Waals surface area contributed by atoms with Crippen LogP contribution >= 0.6 is 0 Å². The minimum Gasteiger partial charge on any atom is -0.484 e. The van der Waals surface area contributed by atoms with Gasteiger partial charge in [0.15, 0.2) is 6.61 Å². The summed E-state index contributed by atoms with van der Waals surface area (Å²) < 4.78 is 52.0. The molecular weight excluding hydrogens is 391 g/mol. The van der Waals surface area contributed by atoms with Crippen LogP contribution in [-0.2, 0) is 11.3 Å². The molecule has 0 aliphatic heterocycles. The first-order chi connectivity index (χ1) is 13.7. The molecule has 6 nitrogen and oxygen atoms in total. The maximum absolute atomic E-state index is 12.5. The number of carbonyl (C=O) groups excluding carboxylic acids is 1. The molecule has 1 amide bonds. The summed E-state index contributed by atoms with van der Waals surface area (Å²) in [6, 6.07) is 13.2. The zero-order valence-corrected chi connectivity index (χ0v) is 15.2. The molecule has 9 heteroatoms. The smallest absolute Gasteiger partial charge is 0.484 e. The van der Waals surface area contributed by atoms with E-state index in [9.17, 15) is 22.8 Å². The third-order valence-corrected chi connectivity index (χ3v) is 3.99. The first-order valence-electron chi connectivity index (χ1n) is 8.45. The van der Waals surface area contributed by atoms with Crippen LogP contribution in [0.3, 0.4) is 0 Å². The van der Waals surface area contributed by atoms with Gasteiger partial charge in [0.2, 0.25) is 0 Å². The van der Waals surface area contributed by atoms with Crippen LogP contribution in [0.25, 0.3) is 11.0 Å². The van der Waals surface area contributed by atoms with Crippen molar-refractivity contribution in [2.45, 2.75) is 12.9 Å². The average molecular weight is 407 g/mol. The average Bonchev–Trinajstić information content (AvgIpc) is 2.66. The molecule has 0 spiro atoms. The van der Waals surface area contributed by atoms with Crippen molar-refractivity contribution in [3.8, 4) is 11.5 Å². The number of hydrogen-bond acceptors (Lipinski definition) is 5. The maximum atomic E-state index is 12.5. The second kappa shape index (κ2) is 8.26. The number of amides is 1. The van der Waals surface area contributed by atoms with E-state index in [-0.39, 0.29) is 24.5 Å². The fourth-order valence-electron chi connectivity index (χ4n) is 2.59. The highest BCUT2D eigenvalue weighted by Crippen LogP contribution is 2.27. The van der Waals surface area contributed by atoms with Crippen molar-refractivity contribution < 1.29 is 31.9 Å². The Kier molecular flexibility index (Phi) is 5.76. The van der Waals surface area contributed by atoms with Crippen LogP contribution in [0, 0.1) is 0 Å². The predicted molar refractivity (Wildman–Crippen MR) is 97.6 cm³/mol. The molecule has 0 aliphatic rings. The summed E-state index contributed by atoms with van der Waals surface area (Å²) >= 11 is 0. The van der Waals surface area contributed by atoms with E-state index < -0.39 is 17.9 Å². The molecule has 152 valence electrons. The molecule has 1 aromatic heterocycles. The number of nitrogens with zero attached hydrogens (tertiary/aromatic N) is 1. The van der Waals surface area contributed by atoms with Gasteiger partial charge >= 0.3 is 12.0 Å². The lowest BCUT2D eigenvalue weighted by atomic mass is 10.2. The number of alkyl halides is 3. The third kappa shape index (κ3) is 5.50. The van der Waals surface area contributed by atoms with Gasteiger partial charge < -0.3 is 18.8 Å². The fourth-order valence-corrected chi connectivity index (χ4v) is 2.59. The summed E-state index contributed by atoms with van der Waals surface area (Å²) in [7, 11) is 1.44. The van der Waals surface area contributed by atoms with Gasteiger partial charge in [-0.05, 0) is 24.3 Å². The molecule has 0 atom stereocenters. The number of halogens is 3. The number of para-hydroxylation sites is 1. The van der Waals surface area contributed by atoms with Gasteiger partial charge in [0.05, 0.1) is 0 Å². The first kappa shape index (κ1) is 20.2. The third-order valence-electron chi connectivity index (χ3n) is 3.99. The highest BCUT2D eigenvalue weighted by Gasteiger charge is 2.32. The van der Waals surface area contributed by atoms with E-state index in [1.807, 2.05) is 0 Å². The summed E-state index contributed by atoms with van der Waals surface area (Å²) in [5.41, 5.74) is 0.00684. The van der Waals surface area contributed by atoms with Gasteiger partial charge in [-0.15, -0.1) is 13.2 Å². The van der Waals surface area contributed by atoms with Crippen LogP contribution in [-0.4, -0.2) is 30.8 Å². The molecule has 0 fully saturated rings. The zero-order chi connectivity index (χ0) is 21.0. The molecule has 0 aliphatic carbocycles. The molecule has 0 saturated carbocycles. The van der Waals surface area contributed by atoms with E-state index in [1.165, 1.54) is 42.3 Å². The Bertz CT molecular complexity index is 1080. The fraction of sp³-hybridized carbons (Fsp3) is 0.200. The van der Waals surface area contributed by atoms with Crippen LogP contribution in [0.1, 0.15) is 5.56 Å². The second-order valence-corrected chi connectivity index (χ2v) is 6.15. The van der Waals surface area contributed by atoms with Crippen molar-refractivity contribution in [2.24, 2.45) is 0 Å². The Morgan fingerprint density at radius 2 is 1.83 bits per heavy atom. The zero-order valence-electron chi connectivity index (χ0n) is 15.2. The van der Waals surface area contributed by atoms with Crippen molar-refractivity contribution in [3.05, 3.63) is 70.6 Å². The number of ether oxygens (including phenoxy) is 2. The quantitative estimate of drug-likeness (QED) is 0.583. The van der Waals surface area contributed by atoms with Crippen molar-refractivity contribution >= 4 is 16.9 Å². The Morgan fingerprint density at radius 3 is 2.59 bits per heavy atom. The minimum atomic E-state index is -4.83. The van der Waals surface area contributed by atoms with Crippen LogP contribution in [0.4, 0.5) is 13.2 Å². The van der Waals surface area contributed by atoms with Crippen molar-refractivity contribution in [1.29, 1.82) is 0 Å². The summed E-state index contributed by atoms with van der Waals surface area (Å²) in [6.45, 7) is -0.442. The molecule has 1 heterocycles. The topological polar surface area (TPSA) is 69.0 Å². The molecule has 0 radical (unpaired) electrons. The summed E-state index contributed by atoms with van der Waals surface area (Å²) in [4.78, 5) is 24.8. The van der Waals surface area contributed by atoms with E-state index >= 15 is 0 Å². The molecule has 2 aromatic carbocycles. The van der Waals surface area contributed by atoms with Gasteiger partial charge in [-0.1, -0.05) is 18.2 Å². The number of carbonyl (C=O) groups is 1. The molecule has 0 saturated heterocycles. The van der Waals surface area contributed by atoms with Crippen molar-refractivity contribution in [1.82, 2.24) is 4.90 Å². The number of hydrogen-bond donors (Lipinski definition) is 0. The van der Waals surface area contributed by atoms with Crippen LogP contribution in [0.5, 0.6) is 11.5 Å². The lowest BCUT2D eigenvalue weighted by Crippen LogP contribution is -2.31. The van der Waals surface area contributed by atoms with Gasteiger partial charge in [0.25, 0.3) is 5.91 Å². The highest BCUT2D eigenvalue weighted by atomic mass is 19.4. The van der Waals surface area contributed by atoms with Gasteiger partial charge in [-0.25, -0.2) is 4.79 Å². The Labute approximate surface area is 163 Å². The van der Waals surface area contributed by atoms with Crippen LogP contribution in [0.15, 0.2) is 63.8 Å². The Balaban J connectivity index is 1.64. The van der Waals surface area contributed by atoms with Gasteiger partial charge in [-0.3, -0.25) is 4.79 Å². The van der Waals surface area contributed by atoms with E-state index in [0.29, 0.717) is 16.7 Å². The molecule has 0 bridgehead atoms. The Hall–Kier alpha value is -3.49. The standard InChI is InChI=1S/C20H16F3NO5/c1-24(11-14-4-2-3-5-16(14)29-20(21,22)23)18(25)12-27-15-8-6-13-7-9-19(26)28-17(13)10-15/h2-10H,11-12H2,1H3. The number of fused-ring (bicyclic) bond motifs is 1. The van der Waals surface area contributed by atoms with Crippen LogP contribution < -0.4 is 15.1 Å². The van der Waals surface area contributed by atoms with Crippen LogP contribution in [0.2, 0.25) is 0 Å². The van der Waals surface area contributed by atoms with Gasteiger partial charge in [0, 0.05) is 36.7 Å². The normalized spacial score (nSPS) is 11.3. The number of benzene rings is 2. The first-order valence-corrected chi connectivity index (χ1v) is 8.45. The summed E-state index contributed by atoms with van der Waals surface area (Å²) in [5.74, 6) is -0.513. The van der Waals surface area contributed by atoms with Gasteiger partial charge in [0.1, 0.15) is 17.1 Å². The van der Waals surface area contributed by atoms with E-state index in [1.54, 1.807) is 24.3 Å². The molecule has 0 N–H and O–H groups in total. The summed E-state index contributed by atoms with van der Waals surface area (Å²) in [5, 5.41) is 0.696. The molecule has 3 aromatic rings. The second-order valence-electron chi connectivity index (χ2n) is 6.15. The lowest BCUT2D eigenvalue weighted by Gasteiger charge is -2.20. The number of likely N-dealkylation sites (N-methyl/N-ethyl adjacent to an activating group) is 1. The SMILES string of the molecule is CN(Cc1ccccc1OC(F)(F)F)C(=O)COc1ccc2ccc(=O)oc2c1. The Morgan fingerprint density at radius 1 is 1.10 bits per heavy atom. The molecular formula is C20H16F3NO5. The lowest BCUT2D eigenvalue weighted by molar-refractivity contribution is -0.275. The van der Waals surface area contributed by atoms with Gasteiger partial charge in [-0.2, -0.15) is 0 Å². The molecule has 0 unspecified atom stereocenters. The van der Waals surface area contributed by atoms with E-state index in [4.69, 9.17) is 9.15 Å². The minimum absolute atomic E-state index is 0.0962. The predicted octanol–water partition coefficient (Wildman–Crippen LogP) is 3.73. The monoisotopic (exact) mass is 407 g/mol. The number of rotatable bonds is 6. The van der Waals surface area contributed by atoms with Crippen molar-refractivity contribution in [3.63, 3.8) is 0 Å². The largest absolute Gasteiger partial charge is 0.573 e. The van der Waals surface area contributed by atoms with E-state index in [0.717, 1.165) is 0 Å². The van der Waals surface area contributed by atoms with E-state index in [2.05, 4.69) is 4.74 Å².